The Kier molecular flexibility index (Phi) is 2.18. The molecule has 2 rings (SSSR count). The van der Waals surface area contributed by atoms with Gasteiger partial charge in [-0.25, -0.2) is 4.98 Å². The van der Waals surface area contributed by atoms with Crippen molar-refractivity contribution < 1.29 is 0 Å². The maximum Gasteiger partial charge on any atom is 0.0958 e. The first-order valence-electron chi connectivity index (χ1n) is 4.77. The number of thiazole rings is 1. The number of hydrogen-bond acceptors (Lipinski definition) is 2. The third-order valence-corrected chi connectivity index (χ3v) is 3.96. The Balaban J connectivity index is 2.12. The van der Waals surface area contributed by atoms with Crippen LogP contribution < -0.4 is 0 Å². The van der Waals surface area contributed by atoms with Gasteiger partial charge in [0.1, 0.15) is 0 Å². The van der Waals surface area contributed by atoms with E-state index >= 15 is 0 Å². The number of rotatable bonds is 3. The third kappa shape index (κ3) is 1.53. The molecule has 0 radical (unpaired) electrons. The molecule has 0 spiro atoms. The van der Waals surface area contributed by atoms with Gasteiger partial charge in [-0.2, -0.15) is 0 Å². The van der Waals surface area contributed by atoms with E-state index in [1.54, 1.807) is 0 Å². The highest BCUT2D eigenvalue weighted by Crippen LogP contribution is 2.42. The Labute approximate surface area is 77.8 Å². The molecule has 0 aliphatic heterocycles. The minimum absolute atomic E-state index is 0.704. The van der Waals surface area contributed by atoms with Crippen molar-refractivity contribution in [2.24, 2.45) is 0 Å². The van der Waals surface area contributed by atoms with Crippen LogP contribution in [-0.2, 0) is 0 Å². The van der Waals surface area contributed by atoms with Gasteiger partial charge < -0.3 is 0 Å². The van der Waals surface area contributed by atoms with Gasteiger partial charge in [-0.3, -0.25) is 0 Å². The summed E-state index contributed by atoms with van der Waals surface area (Å²) in [5, 5.41) is 1.38. The summed E-state index contributed by atoms with van der Waals surface area (Å²) in [6.07, 6.45) is 6.04. The Morgan fingerprint density at radius 2 is 2.42 bits per heavy atom. The lowest BCUT2D eigenvalue weighted by atomic mass is 10.1. The molecule has 1 aliphatic rings. The number of nitrogens with zero attached hydrogens (tertiary/aromatic N) is 1. The van der Waals surface area contributed by atoms with Crippen LogP contribution >= 0.6 is 11.3 Å². The van der Waals surface area contributed by atoms with Crippen molar-refractivity contribution in [3.05, 3.63) is 16.1 Å². The summed E-state index contributed by atoms with van der Waals surface area (Å²) in [5.74, 6) is 1.53. The predicted molar refractivity (Wildman–Crippen MR) is 52.8 cm³/mol. The van der Waals surface area contributed by atoms with Crippen LogP contribution in [0.3, 0.4) is 0 Å². The maximum absolute atomic E-state index is 4.47. The standard InChI is InChI=1S/C10H15NS/c1-3-7(2)9-6-11-10(12-9)8-4-5-8/h6-8H,3-5H2,1-2H3. The molecule has 66 valence electrons. The molecule has 0 amide bonds. The summed E-state index contributed by atoms with van der Waals surface area (Å²) in [6.45, 7) is 4.52. The Hall–Kier alpha value is -0.370. The van der Waals surface area contributed by atoms with Gasteiger partial charge in [0.25, 0.3) is 0 Å². The third-order valence-electron chi connectivity index (χ3n) is 2.57. The highest BCUT2D eigenvalue weighted by molar-refractivity contribution is 7.11. The molecule has 0 aromatic carbocycles. The van der Waals surface area contributed by atoms with Gasteiger partial charge in [-0.05, 0) is 25.2 Å². The molecule has 1 saturated carbocycles. The second-order valence-electron chi connectivity index (χ2n) is 3.68. The van der Waals surface area contributed by atoms with Crippen molar-refractivity contribution in [1.82, 2.24) is 4.98 Å². The van der Waals surface area contributed by atoms with E-state index in [4.69, 9.17) is 0 Å². The van der Waals surface area contributed by atoms with Gasteiger partial charge in [0.2, 0.25) is 0 Å². The molecule has 0 bridgehead atoms. The van der Waals surface area contributed by atoms with Gasteiger partial charge >= 0.3 is 0 Å². The lowest BCUT2D eigenvalue weighted by Crippen LogP contribution is -1.84. The fraction of sp³-hybridized carbons (Fsp3) is 0.700. The fourth-order valence-corrected chi connectivity index (χ4v) is 2.47. The topological polar surface area (TPSA) is 12.9 Å². The monoisotopic (exact) mass is 181 g/mol. The van der Waals surface area contributed by atoms with E-state index in [0.29, 0.717) is 5.92 Å². The van der Waals surface area contributed by atoms with Crippen molar-refractivity contribution in [2.45, 2.75) is 44.9 Å². The molecule has 0 N–H and O–H groups in total. The fourth-order valence-electron chi connectivity index (χ4n) is 1.25. The van der Waals surface area contributed by atoms with Crippen LogP contribution in [0.5, 0.6) is 0 Å². The molecule has 1 aliphatic carbocycles. The second-order valence-corrected chi connectivity index (χ2v) is 4.78. The van der Waals surface area contributed by atoms with E-state index in [0.717, 1.165) is 5.92 Å². The molecule has 1 aromatic heterocycles. The lowest BCUT2D eigenvalue weighted by molar-refractivity contribution is 0.746. The van der Waals surface area contributed by atoms with Crippen LogP contribution in [-0.4, -0.2) is 4.98 Å². The molecular weight excluding hydrogens is 166 g/mol. The molecule has 1 atom stereocenters. The van der Waals surface area contributed by atoms with Crippen molar-refractivity contribution in [1.29, 1.82) is 0 Å². The van der Waals surface area contributed by atoms with Crippen LogP contribution in [0.2, 0.25) is 0 Å². The van der Waals surface area contributed by atoms with E-state index < -0.39 is 0 Å². The normalized spacial score (nSPS) is 19.5. The van der Waals surface area contributed by atoms with E-state index in [9.17, 15) is 0 Å². The van der Waals surface area contributed by atoms with Gasteiger partial charge in [-0.1, -0.05) is 13.8 Å². The lowest BCUT2D eigenvalue weighted by Gasteiger charge is -2.01. The second kappa shape index (κ2) is 3.17. The minimum atomic E-state index is 0.704. The SMILES string of the molecule is CCC(C)c1cnc(C2CC2)s1. The first-order valence-corrected chi connectivity index (χ1v) is 5.58. The Morgan fingerprint density at radius 3 is 3.00 bits per heavy atom. The van der Waals surface area contributed by atoms with E-state index in [1.165, 1.54) is 29.1 Å². The maximum atomic E-state index is 4.47. The summed E-state index contributed by atoms with van der Waals surface area (Å²) in [7, 11) is 0. The zero-order valence-electron chi connectivity index (χ0n) is 7.71. The highest BCUT2D eigenvalue weighted by atomic mass is 32.1. The molecular formula is C10H15NS. The van der Waals surface area contributed by atoms with Crippen molar-refractivity contribution in [3.8, 4) is 0 Å². The average molecular weight is 181 g/mol. The Morgan fingerprint density at radius 1 is 1.67 bits per heavy atom. The molecule has 1 nitrogen and oxygen atoms in total. The van der Waals surface area contributed by atoms with Gasteiger partial charge in [-0.15, -0.1) is 11.3 Å². The molecule has 2 heteroatoms. The summed E-state index contributed by atoms with van der Waals surface area (Å²) in [4.78, 5) is 5.94. The smallest absolute Gasteiger partial charge is 0.0958 e. The highest BCUT2D eigenvalue weighted by Gasteiger charge is 2.26. The molecule has 1 fully saturated rings. The summed E-state index contributed by atoms with van der Waals surface area (Å²) in [6, 6.07) is 0. The van der Waals surface area contributed by atoms with E-state index in [-0.39, 0.29) is 0 Å². The summed E-state index contributed by atoms with van der Waals surface area (Å²) < 4.78 is 0. The predicted octanol–water partition coefficient (Wildman–Crippen LogP) is 3.53. The van der Waals surface area contributed by atoms with Crippen LogP contribution in [0.1, 0.15) is 54.8 Å². The molecule has 1 heterocycles. The molecule has 12 heavy (non-hydrogen) atoms. The zero-order valence-corrected chi connectivity index (χ0v) is 8.53. The van der Waals surface area contributed by atoms with Crippen molar-refractivity contribution >= 4 is 11.3 Å². The van der Waals surface area contributed by atoms with Crippen LogP contribution in [0, 0.1) is 0 Å². The van der Waals surface area contributed by atoms with Crippen LogP contribution in [0.25, 0.3) is 0 Å². The van der Waals surface area contributed by atoms with E-state index in [1.807, 2.05) is 11.3 Å². The van der Waals surface area contributed by atoms with Gasteiger partial charge in [0.05, 0.1) is 5.01 Å². The number of hydrogen-bond donors (Lipinski definition) is 0. The number of aromatic nitrogens is 1. The zero-order chi connectivity index (χ0) is 8.55. The summed E-state index contributed by atoms with van der Waals surface area (Å²) in [5.41, 5.74) is 0. The summed E-state index contributed by atoms with van der Waals surface area (Å²) >= 11 is 1.93. The minimum Gasteiger partial charge on any atom is -0.249 e. The van der Waals surface area contributed by atoms with Crippen molar-refractivity contribution in [2.75, 3.05) is 0 Å². The van der Waals surface area contributed by atoms with Crippen LogP contribution in [0.15, 0.2) is 6.20 Å². The Bertz CT molecular complexity index is 263. The molecule has 0 saturated heterocycles. The first-order chi connectivity index (χ1) is 5.81. The largest absolute Gasteiger partial charge is 0.249 e. The van der Waals surface area contributed by atoms with Crippen LogP contribution in [0.4, 0.5) is 0 Å². The van der Waals surface area contributed by atoms with Crippen molar-refractivity contribution in [3.63, 3.8) is 0 Å². The first kappa shape index (κ1) is 8.24. The molecule has 1 unspecified atom stereocenters. The average Bonchev–Trinajstić information content (AvgIpc) is 2.83. The molecule has 1 aromatic rings. The van der Waals surface area contributed by atoms with Gasteiger partial charge in [0, 0.05) is 17.0 Å². The van der Waals surface area contributed by atoms with E-state index in [2.05, 4.69) is 25.0 Å². The quantitative estimate of drug-likeness (QED) is 0.695. The van der Waals surface area contributed by atoms with Gasteiger partial charge in [0.15, 0.2) is 0 Å².